The summed E-state index contributed by atoms with van der Waals surface area (Å²) in [6, 6.07) is 11.7. The van der Waals surface area contributed by atoms with Gasteiger partial charge in [0.25, 0.3) is 0 Å². The predicted octanol–water partition coefficient (Wildman–Crippen LogP) is 2.62. The maximum absolute atomic E-state index is 12.4. The number of nitrogens with one attached hydrogen (secondary N) is 2. The van der Waals surface area contributed by atoms with Gasteiger partial charge in [0.15, 0.2) is 5.82 Å². The monoisotopic (exact) mass is 332 g/mol. The number of anilines is 1. The van der Waals surface area contributed by atoms with Crippen LogP contribution < -0.4 is 10.6 Å². The summed E-state index contributed by atoms with van der Waals surface area (Å²) in [6.45, 7) is 2.07. The van der Waals surface area contributed by atoms with Gasteiger partial charge in [0, 0.05) is 18.2 Å². The second-order valence-electron chi connectivity index (χ2n) is 6.34. The predicted molar refractivity (Wildman–Crippen MR) is 92.1 cm³/mol. The minimum absolute atomic E-state index is 0. The molecule has 0 bridgehead atoms. The van der Waals surface area contributed by atoms with Gasteiger partial charge in [-0.2, -0.15) is 5.10 Å². The number of piperidine rings is 1. The molecule has 1 saturated carbocycles. The molecule has 23 heavy (non-hydrogen) atoms. The van der Waals surface area contributed by atoms with Crippen molar-refractivity contribution in [3.63, 3.8) is 0 Å². The molecular formula is C17H21ClN4O. The van der Waals surface area contributed by atoms with E-state index in [1.54, 1.807) is 4.68 Å². The van der Waals surface area contributed by atoms with Crippen molar-refractivity contribution in [1.82, 2.24) is 15.1 Å². The van der Waals surface area contributed by atoms with Crippen LogP contribution in [0.4, 0.5) is 5.82 Å². The van der Waals surface area contributed by atoms with E-state index in [-0.39, 0.29) is 29.6 Å². The second kappa shape index (κ2) is 6.34. The van der Waals surface area contributed by atoms with Crippen LogP contribution in [-0.2, 0) is 4.79 Å². The Hall–Kier alpha value is -1.85. The highest BCUT2D eigenvalue weighted by atomic mass is 35.5. The third-order valence-electron chi connectivity index (χ3n) is 4.97. The fraction of sp³-hybridized carbons (Fsp3) is 0.412. The molecule has 6 heteroatoms. The molecule has 5 nitrogen and oxygen atoms in total. The molecule has 1 aliphatic carbocycles. The van der Waals surface area contributed by atoms with Crippen LogP contribution in [0.25, 0.3) is 5.69 Å². The van der Waals surface area contributed by atoms with Crippen LogP contribution in [0.15, 0.2) is 42.6 Å². The number of hydrogen-bond acceptors (Lipinski definition) is 3. The number of amides is 1. The normalized spacial score (nSPS) is 21.5. The van der Waals surface area contributed by atoms with Gasteiger partial charge < -0.3 is 10.6 Å². The molecule has 1 amide bonds. The molecule has 0 radical (unpaired) electrons. The molecule has 1 aliphatic heterocycles. The van der Waals surface area contributed by atoms with E-state index < -0.39 is 0 Å². The summed E-state index contributed by atoms with van der Waals surface area (Å²) in [7, 11) is 0. The Morgan fingerprint density at radius 3 is 2.70 bits per heavy atom. The molecule has 1 aromatic carbocycles. The lowest BCUT2D eigenvalue weighted by Crippen LogP contribution is -2.31. The standard InChI is InChI=1S/C17H20N4O.ClH/c22-16(14-12-17(14)7-9-18-10-8-17)19-15-6-11-21(20-15)13-4-2-1-3-5-13;/h1-6,11,14,18H,7-10,12H2,(H,19,20,22);1H. The van der Waals surface area contributed by atoms with Crippen molar-refractivity contribution in [2.45, 2.75) is 19.3 Å². The summed E-state index contributed by atoms with van der Waals surface area (Å²) in [5, 5.41) is 10.8. The Balaban J connectivity index is 0.00000156. The Labute approximate surface area is 141 Å². The highest BCUT2D eigenvalue weighted by Crippen LogP contribution is 2.58. The molecule has 2 fully saturated rings. The highest BCUT2D eigenvalue weighted by Gasteiger charge is 2.57. The Morgan fingerprint density at radius 1 is 1.22 bits per heavy atom. The van der Waals surface area contributed by atoms with Crippen LogP contribution in [0.5, 0.6) is 0 Å². The first kappa shape index (κ1) is 16.0. The van der Waals surface area contributed by atoms with E-state index in [9.17, 15) is 4.79 Å². The molecule has 2 heterocycles. The number of nitrogens with zero attached hydrogens (tertiary/aromatic N) is 2. The van der Waals surface area contributed by atoms with Crippen molar-refractivity contribution in [3.8, 4) is 5.69 Å². The van der Waals surface area contributed by atoms with E-state index in [2.05, 4.69) is 15.7 Å². The minimum atomic E-state index is 0. The molecule has 1 spiro atoms. The van der Waals surface area contributed by atoms with E-state index in [0.717, 1.165) is 38.0 Å². The Bertz CT molecular complexity index is 679. The van der Waals surface area contributed by atoms with Crippen molar-refractivity contribution in [2.24, 2.45) is 11.3 Å². The minimum Gasteiger partial charge on any atom is -0.317 e. The van der Waals surface area contributed by atoms with Gasteiger partial charge in [-0.1, -0.05) is 18.2 Å². The van der Waals surface area contributed by atoms with Crippen LogP contribution >= 0.6 is 12.4 Å². The van der Waals surface area contributed by atoms with Crippen LogP contribution in [0, 0.1) is 11.3 Å². The first-order valence-corrected chi connectivity index (χ1v) is 7.90. The SMILES string of the molecule is Cl.O=C(Nc1ccn(-c2ccccc2)n1)C1CC12CCNCC2. The smallest absolute Gasteiger partial charge is 0.229 e. The van der Waals surface area contributed by atoms with E-state index in [0.29, 0.717) is 5.82 Å². The first-order valence-electron chi connectivity index (χ1n) is 7.90. The van der Waals surface area contributed by atoms with Gasteiger partial charge in [-0.25, -0.2) is 4.68 Å². The average Bonchev–Trinajstić information content (AvgIpc) is 3.04. The lowest BCUT2D eigenvalue weighted by molar-refractivity contribution is -0.118. The number of halogens is 1. The summed E-state index contributed by atoms with van der Waals surface area (Å²) < 4.78 is 1.78. The van der Waals surface area contributed by atoms with Crippen molar-refractivity contribution in [1.29, 1.82) is 0 Å². The van der Waals surface area contributed by atoms with E-state index in [1.807, 2.05) is 42.6 Å². The number of carbonyl (C=O) groups excluding carboxylic acids is 1. The van der Waals surface area contributed by atoms with Crippen LogP contribution in [-0.4, -0.2) is 28.8 Å². The summed E-state index contributed by atoms with van der Waals surface area (Å²) in [4.78, 5) is 12.4. The van der Waals surface area contributed by atoms with Crippen molar-refractivity contribution >= 4 is 24.1 Å². The van der Waals surface area contributed by atoms with Gasteiger partial charge >= 0.3 is 0 Å². The first-order chi connectivity index (χ1) is 10.8. The fourth-order valence-corrected chi connectivity index (χ4v) is 3.52. The Morgan fingerprint density at radius 2 is 1.96 bits per heavy atom. The molecule has 2 aliphatic rings. The van der Waals surface area contributed by atoms with Gasteiger partial charge in [0.1, 0.15) is 0 Å². The highest BCUT2D eigenvalue weighted by molar-refractivity contribution is 5.94. The largest absolute Gasteiger partial charge is 0.317 e. The zero-order chi connectivity index (χ0) is 15.0. The molecule has 1 saturated heterocycles. The van der Waals surface area contributed by atoms with Crippen LogP contribution in [0.2, 0.25) is 0 Å². The van der Waals surface area contributed by atoms with Gasteiger partial charge in [-0.05, 0) is 49.9 Å². The second-order valence-corrected chi connectivity index (χ2v) is 6.34. The number of aromatic nitrogens is 2. The summed E-state index contributed by atoms with van der Waals surface area (Å²) in [5.74, 6) is 0.918. The number of benzene rings is 1. The molecule has 122 valence electrons. The van der Waals surface area contributed by atoms with Gasteiger partial charge in [0.2, 0.25) is 5.91 Å². The molecule has 2 aromatic rings. The van der Waals surface area contributed by atoms with E-state index >= 15 is 0 Å². The molecule has 1 atom stereocenters. The molecule has 2 N–H and O–H groups in total. The van der Waals surface area contributed by atoms with Crippen LogP contribution in [0.3, 0.4) is 0 Å². The molecule has 1 unspecified atom stereocenters. The number of rotatable bonds is 3. The van der Waals surface area contributed by atoms with Crippen molar-refractivity contribution in [2.75, 3.05) is 18.4 Å². The summed E-state index contributed by atoms with van der Waals surface area (Å²) in [6.07, 6.45) is 5.13. The van der Waals surface area contributed by atoms with E-state index in [4.69, 9.17) is 0 Å². The fourth-order valence-electron chi connectivity index (χ4n) is 3.52. The van der Waals surface area contributed by atoms with Crippen LogP contribution in [0.1, 0.15) is 19.3 Å². The topological polar surface area (TPSA) is 59.0 Å². The molecular weight excluding hydrogens is 312 g/mol. The van der Waals surface area contributed by atoms with E-state index in [1.165, 1.54) is 0 Å². The van der Waals surface area contributed by atoms with Gasteiger partial charge in [-0.15, -0.1) is 12.4 Å². The van der Waals surface area contributed by atoms with Crippen molar-refractivity contribution in [3.05, 3.63) is 42.6 Å². The average molecular weight is 333 g/mol. The lowest BCUT2D eigenvalue weighted by Gasteiger charge is -2.23. The molecule has 4 rings (SSSR count). The lowest BCUT2D eigenvalue weighted by atomic mass is 9.92. The summed E-state index contributed by atoms with van der Waals surface area (Å²) in [5.41, 5.74) is 1.25. The van der Waals surface area contributed by atoms with Gasteiger partial charge in [-0.3, -0.25) is 4.79 Å². The van der Waals surface area contributed by atoms with Gasteiger partial charge in [0.05, 0.1) is 5.69 Å². The summed E-state index contributed by atoms with van der Waals surface area (Å²) >= 11 is 0. The quantitative estimate of drug-likeness (QED) is 0.908. The zero-order valence-corrected chi connectivity index (χ0v) is 13.7. The molecule has 1 aromatic heterocycles. The van der Waals surface area contributed by atoms with Crippen molar-refractivity contribution < 1.29 is 4.79 Å². The maximum atomic E-state index is 12.4. The maximum Gasteiger partial charge on any atom is 0.229 e. The zero-order valence-electron chi connectivity index (χ0n) is 12.9. The third-order valence-corrected chi connectivity index (χ3v) is 4.97. The number of carbonyl (C=O) groups is 1. The Kier molecular flexibility index (Phi) is 4.41. The number of para-hydroxylation sites is 1. The number of hydrogen-bond donors (Lipinski definition) is 2. The third kappa shape index (κ3) is 3.12.